The van der Waals surface area contributed by atoms with E-state index in [4.69, 9.17) is 5.73 Å². The highest BCUT2D eigenvalue weighted by Gasteiger charge is 2.27. The van der Waals surface area contributed by atoms with Gasteiger partial charge in [-0.3, -0.25) is 4.79 Å². The lowest BCUT2D eigenvalue weighted by Gasteiger charge is -2.16. The van der Waals surface area contributed by atoms with Gasteiger partial charge in [0.1, 0.15) is 0 Å². The van der Waals surface area contributed by atoms with Crippen LogP contribution in [0.15, 0.2) is 89.8 Å². The molecule has 158 valence electrons. The minimum atomic E-state index is -3.49. The third-order valence-electron chi connectivity index (χ3n) is 5.44. The lowest BCUT2D eigenvalue weighted by atomic mass is 9.94. The fraction of sp³-hybridized carbons (Fsp3) is 0.160. The molecule has 0 aromatic heterocycles. The van der Waals surface area contributed by atoms with Crippen LogP contribution >= 0.6 is 0 Å². The Bertz CT molecular complexity index is 1210. The van der Waals surface area contributed by atoms with Gasteiger partial charge in [-0.15, -0.1) is 0 Å². The molecule has 0 aliphatic carbocycles. The zero-order valence-electron chi connectivity index (χ0n) is 17.1. The first kappa shape index (κ1) is 21.0. The smallest absolute Gasteiger partial charge is 0.243 e. The predicted molar refractivity (Wildman–Crippen MR) is 123 cm³/mol. The van der Waals surface area contributed by atoms with Crippen LogP contribution in [0.3, 0.4) is 0 Å². The lowest BCUT2D eigenvalue weighted by Crippen LogP contribution is -2.27. The number of carbonyl (C=O) groups excluding carboxylic acids is 1. The number of carbonyl (C=O) groups is 1. The number of nitrogens with two attached hydrogens (primary N) is 1. The Hall–Kier alpha value is -3.22. The van der Waals surface area contributed by atoms with Gasteiger partial charge in [-0.2, -0.15) is 4.31 Å². The van der Waals surface area contributed by atoms with E-state index in [1.54, 1.807) is 24.3 Å². The van der Waals surface area contributed by atoms with E-state index in [0.717, 1.165) is 35.1 Å². The Kier molecular flexibility index (Phi) is 6.02. The molecule has 3 aromatic rings. The number of sulfonamides is 1. The number of nitrogens with zero attached hydrogens (tertiary/aromatic N) is 1. The summed E-state index contributed by atoms with van der Waals surface area (Å²) in [6.07, 6.45) is 3.16. The van der Waals surface area contributed by atoms with Crippen molar-refractivity contribution < 1.29 is 13.2 Å². The monoisotopic (exact) mass is 432 g/mol. The Labute approximate surface area is 182 Å². The van der Waals surface area contributed by atoms with Gasteiger partial charge in [-0.05, 0) is 58.9 Å². The summed E-state index contributed by atoms with van der Waals surface area (Å²) < 4.78 is 27.1. The SMILES string of the molecule is NC(=O)C=C(c1ccc(S(=O)(=O)N2CCCC2)cc1)c1cccc(-c2ccccc2)c1. The van der Waals surface area contributed by atoms with Crippen molar-refractivity contribution in [2.24, 2.45) is 5.73 Å². The summed E-state index contributed by atoms with van der Waals surface area (Å²) in [5.41, 5.74) is 9.77. The summed E-state index contributed by atoms with van der Waals surface area (Å²) in [5.74, 6) is -0.561. The summed E-state index contributed by atoms with van der Waals surface area (Å²) >= 11 is 0. The molecule has 5 nitrogen and oxygen atoms in total. The zero-order valence-corrected chi connectivity index (χ0v) is 17.9. The van der Waals surface area contributed by atoms with Crippen molar-refractivity contribution in [2.75, 3.05) is 13.1 Å². The van der Waals surface area contributed by atoms with Crippen LogP contribution in [0.5, 0.6) is 0 Å². The lowest BCUT2D eigenvalue weighted by molar-refractivity contribution is -0.113. The molecule has 2 N–H and O–H groups in total. The third-order valence-corrected chi connectivity index (χ3v) is 7.35. The van der Waals surface area contributed by atoms with E-state index >= 15 is 0 Å². The van der Waals surface area contributed by atoms with Gasteiger partial charge < -0.3 is 5.73 Å². The largest absolute Gasteiger partial charge is 0.366 e. The normalized spacial score (nSPS) is 15.2. The van der Waals surface area contributed by atoms with Gasteiger partial charge >= 0.3 is 0 Å². The molecular formula is C25H24N2O3S. The second kappa shape index (κ2) is 8.88. The molecule has 1 saturated heterocycles. The molecule has 1 aliphatic rings. The summed E-state index contributed by atoms with van der Waals surface area (Å²) in [6.45, 7) is 1.12. The van der Waals surface area contributed by atoms with Gasteiger partial charge in [-0.1, -0.05) is 60.7 Å². The van der Waals surface area contributed by atoms with Crippen LogP contribution in [0.2, 0.25) is 0 Å². The molecular weight excluding hydrogens is 408 g/mol. The number of hydrogen-bond donors (Lipinski definition) is 1. The molecule has 4 rings (SSSR count). The fourth-order valence-electron chi connectivity index (χ4n) is 3.86. The minimum absolute atomic E-state index is 0.259. The van der Waals surface area contributed by atoms with Gasteiger partial charge in [0, 0.05) is 19.2 Å². The summed E-state index contributed by atoms with van der Waals surface area (Å²) in [6, 6.07) is 24.5. The molecule has 0 unspecified atom stereocenters. The fourth-order valence-corrected chi connectivity index (χ4v) is 5.37. The quantitative estimate of drug-likeness (QED) is 0.597. The van der Waals surface area contributed by atoms with Gasteiger partial charge in [0.05, 0.1) is 4.90 Å². The Morgan fingerprint density at radius 3 is 2.10 bits per heavy atom. The van der Waals surface area contributed by atoms with Crippen molar-refractivity contribution in [1.29, 1.82) is 0 Å². The van der Waals surface area contributed by atoms with Crippen molar-refractivity contribution >= 4 is 21.5 Å². The highest BCUT2D eigenvalue weighted by Crippen LogP contribution is 2.29. The summed E-state index contributed by atoms with van der Waals surface area (Å²) in [5, 5.41) is 0. The van der Waals surface area contributed by atoms with Crippen molar-refractivity contribution in [3.63, 3.8) is 0 Å². The van der Waals surface area contributed by atoms with Crippen molar-refractivity contribution in [3.8, 4) is 11.1 Å². The number of rotatable bonds is 6. The molecule has 1 amide bonds. The highest BCUT2D eigenvalue weighted by molar-refractivity contribution is 7.89. The van der Waals surface area contributed by atoms with Crippen molar-refractivity contribution in [1.82, 2.24) is 4.31 Å². The molecule has 0 spiro atoms. The second-order valence-electron chi connectivity index (χ2n) is 7.54. The van der Waals surface area contributed by atoms with Gasteiger partial charge in [-0.25, -0.2) is 8.42 Å². The maximum atomic E-state index is 12.8. The van der Waals surface area contributed by atoms with E-state index in [0.29, 0.717) is 18.7 Å². The molecule has 0 bridgehead atoms. The van der Waals surface area contributed by atoms with Gasteiger partial charge in [0.2, 0.25) is 15.9 Å². The number of primary amides is 1. The standard InChI is InChI=1S/C25H24N2O3S/c26-25(28)18-24(22-10-6-9-21(17-22)19-7-2-1-3-8-19)20-11-13-23(14-12-20)31(29,30)27-15-4-5-16-27/h1-3,6-14,17-18H,4-5,15-16H2,(H2,26,28). The Balaban J connectivity index is 1.71. The van der Waals surface area contributed by atoms with Gasteiger partial charge in [0.25, 0.3) is 0 Å². The van der Waals surface area contributed by atoms with Crippen LogP contribution in [0, 0.1) is 0 Å². The molecule has 0 atom stereocenters. The molecule has 3 aromatic carbocycles. The van der Waals surface area contributed by atoms with Crippen molar-refractivity contribution in [2.45, 2.75) is 17.7 Å². The van der Waals surface area contributed by atoms with E-state index in [-0.39, 0.29) is 4.90 Å². The van der Waals surface area contributed by atoms with Crippen molar-refractivity contribution in [3.05, 3.63) is 96.1 Å². The van der Waals surface area contributed by atoms with Crippen LogP contribution in [0.1, 0.15) is 24.0 Å². The van der Waals surface area contributed by atoms with E-state index in [1.807, 2.05) is 54.6 Å². The first-order valence-electron chi connectivity index (χ1n) is 10.2. The van der Waals surface area contributed by atoms with Crippen LogP contribution in [0.25, 0.3) is 16.7 Å². The van der Waals surface area contributed by atoms with Gasteiger partial charge in [0.15, 0.2) is 0 Å². The Morgan fingerprint density at radius 1 is 0.806 bits per heavy atom. The van der Waals surface area contributed by atoms with Crippen LogP contribution in [-0.2, 0) is 14.8 Å². The third kappa shape index (κ3) is 4.60. The minimum Gasteiger partial charge on any atom is -0.366 e. The molecule has 6 heteroatoms. The molecule has 1 fully saturated rings. The maximum Gasteiger partial charge on any atom is 0.243 e. The second-order valence-corrected chi connectivity index (χ2v) is 9.48. The Morgan fingerprint density at radius 2 is 1.45 bits per heavy atom. The van der Waals surface area contributed by atoms with Crippen LogP contribution in [-0.4, -0.2) is 31.7 Å². The van der Waals surface area contributed by atoms with Crippen LogP contribution in [0.4, 0.5) is 0 Å². The molecule has 0 saturated carbocycles. The average molecular weight is 433 g/mol. The van der Waals surface area contributed by atoms with Crippen LogP contribution < -0.4 is 5.73 Å². The maximum absolute atomic E-state index is 12.8. The first-order valence-corrected chi connectivity index (χ1v) is 11.7. The summed E-state index contributed by atoms with van der Waals surface area (Å²) in [4.78, 5) is 12.0. The topological polar surface area (TPSA) is 80.5 Å². The first-order chi connectivity index (χ1) is 14.9. The number of benzene rings is 3. The summed E-state index contributed by atoms with van der Waals surface area (Å²) in [7, 11) is -3.49. The molecule has 0 radical (unpaired) electrons. The van der Waals surface area contributed by atoms with E-state index < -0.39 is 15.9 Å². The van der Waals surface area contributed by atoms with E-state index in [1.165, 1.54) is 10.4 Å². The predicted octanol–water partition coefficient (Wildman–Crippen LogP) is 4.06. The van der Waals surface area contributed by atoms with E-state index in [9.17, 15) is 13.2 Å². The highest BCUT2D eigenvalue weighted by atomic mass is 32.2. The van der Waals surface area contributed by atoms with E-state index in [2.05, 4.69) is 0 Å². The molecule has 31 heavy (non-hydrogen) atoms. The number of hydrogen-bond acceptors (Lipinski definition) is 3. The molecule has 1 heterocycles. The molecule has 1 aliphatic heterocycles. The number of amides is 1. The average Bonchev–Trinajstić information content (AvgIpc) is 3.34. The zero-order chi connectivity index (χ0) is 21.8.